The molecule has 38 heavy (non-hydrogen) atoms. The van der Waals surface area contributed by atoms with Crippen molar-refractivity contribution in [1.29, 1.82) is 0 Å². The van der Waals surface area contributed by atoms with Crippen LogP contribution in [0.5, 0.6) is 5.88 Å². The Morgan fingerprint density at radius 3 is 2.50 bits per heavy atom. The van der Waals surface area contributed by atoms with Crippen molar-refractivity contribution in [2.24, 2.45) is 9.98 Å². The topological polar surface area (TPSA) is 119 Å². The van der Waals surface area contributed by atoms with E-state index in [-0.39, 0.29) is 11.6 Å². The highest BCUT2D eigenvalue weighted by Gasteiger charge is 2.24. The molecule has 0 radical (unpaired) electrons. The molecule has 9 heteroatoms. The van der Waals surface area contributed by atoms with Gasteiger partial charge in [-0.05, 0) is 55.3 Å². The highest BCUT2D eigenvalue weighted by Crippen LogP contribution is 2.41. The van der Waals surface area contributed by atoms with Crippen molar-refractivity contribution in [3.05, 3.63) is 105 Å². The number of nitro groups is 1. The third kappa shape index (κ3) is 4.41. The first-order chi connectivity index (χ1) is 18.5. The van der Waals surface area contributed by atoms with Crippen LogP contribution in [-0.2, 0) is 0 Å². The number of para-hydroxylation sites is 2. The average Bonchev–Trinajstić information content (AvgIpc) is 3.50. The number of nitrogens with zero attached hydrogens (tertiary/aromatic N) is 4. The van der Waals surface area contributed by atoms with E-state index >= 15 is 0 Å². The molecule has 0 atom stereocenters. The summed E-state index contributed by atoms with van der Waals surface area (Å²) in [5.74, 6) is 0.358. The van der Waals surface area contributed by atoms with Crippen LogP contribution in [0.25, 0.3) is 16.5 Å². The molecule has 2 aliphatic rings. The maximum absolute atomic E-state index is 11.6. The first-order valence-corrected chi connectivity index (χ1v) is 12.9. The third-order valence-electron chi connectivity index (χ3n) is 7.34. The molecular formula is C29H28N6O3. The van der Waals surface area contributed by atoms with E-state index in [1.165, 1.54) is 12.1 Å². The number of aromatic hydroxyl groups is 1. The Kier molecular flexibility index (Phi) is 6.13. The number of aromatic amines is 1. The fourth-order valence-corrected chi connectivity index (χ4v) is 5.33. The Morgan fingerprint density at radius 2 is 1.82 bits per heavy atom. The molecule has 0 spiro atoms. The molecule has 0 saturated carbocycles. The smallest absolute Gasteiger partial charge is 0.270 e. The third-order valence-corrected chi connectivity index (χ3v) is 7.34. The highest BCUT2D eigenvalue weighted by molar-refractivity contribution is 6.01. The van der Waals surface area contributed by atoms with Gasteiger partial charge in [-0.3, -0.25) is 10.1 Å². The van der Waals surface area contributed by atoms with Crippen molar-refractivity contribution in [3.63, 3.8) is 0 Å². The molecule has 0 amide bonds. The maximum atomic E-state index is 11.6. The normalized spacial score (nSPS) is 15.7. The first-order valence-electron chi connectivity index (χ1n) is 12.9. The SMILES string of the molecule is CCN1CCC(Nc2ccc3[nH]c(O)c(C(=C4N=c5ccccc5=N4)c4cccc([N+](=O)[O-])c4)c3c2)CC1. The minimum atomic E-state index is -0.426. The number of non-ortho nitro benzene ring substituents is 1. The highest BCUT2D eigenvalue weighted by atomic mass is 16.6. The zero-order chi connectivity index (χ0) is 26.2. The quantitative estimate of drug-likeness (QED) is 0.264. The van der Waals surface area contributed by atoms with E-state index < -0.39 is 4.92 Å². The predicted octanol–water partition coefficient (Wildman–Crippen LogP) is 4.35. The molecule has 0 unspecified atom stereocenters. The number of hydrogen-bond acceptors (Lipinski definition) is 7. The summed E-state index contributed by atoms with van der Waals surface area (Å²) in [6.07, 6.45) is 2.13. The molecule has 192 valence electrons. The van der Waals surface area contributed by atoms with Crippen LogP contribution in [0.15, 0.2) is 82.5 Å². The fourth-order valence-electron chi connectivity index (χ4n) is 5.33. The number of fused-ring (bicyclic) bond motifs is 2. The Morgan fingerprint density at radius 1 is 1.08 bits per heavy atom. The molecule has 2 aliphatic heterocycles. The van der Waals surface area contributed by atoms with Crippen molar-refractivity contribution >= 4 is 27.9 Å². The fraction of sp³-hybridized carbons (Fsp3) is 0.241. The molecule has 4 aromatic rings. The van der Waals surface area contributed by atoms with E-state index in [4.69, 9.17) is 9.98 Å². The summed E-state index contributed by atoms with van der Waals surface area (Å²) in [7, 11) is 0. The largest absolute Gasteiger partial charge is 0.494 e. The second-order valence-corrected chi connectivity index (χ2v) is 9.68. The van der Waals surface area contributed by atoms with Crippen molar-refractivity contribution in [1.82, 2.24) is 9.88 Å². The van der Waals surface area contributed by atoms with E-state index in [9.17, 15) is 15.2 Å². The lowest BCUT2D eigenvalue weighted by Crippen LogP contribution is -2.38. The molecule has 3 heterocycles. The van der Waals surface area contributed by atoms with Crippen LogP contribution >= 0.6 is 0 Å². The number of piperidine rings is 1. The molecule has 0 aliphatic carbocycles. The van der Waals surface area contributed by atoms with Gasteiger partial charge in [0.2, 0.25) is 0 Å². The van der Waals surface area contributed by atoms with Crippen molar-refractivity contribution in [2.45, 2.75) is 25.8 Å². The Bertz CT molecular complexity index is 1660. The summed E-state index contributed by atoms with van der Waals surface area (Å²) in [6.45, 7) is 5.40. The molecule has 9 nitrogen and oxygen atoms in total. The maximum Gasteiger partial charge on any atom is 0.270 e. The van der Waals surface area contributed by atoms with Gasteiger partial charge in [0.1, 0.15) is 0 Å². The molecule has 6 rings (SSSR count). The zero-order valence-electron chi connectivity index (χ0n) is 21.0. The number of likely N-dealkylation sites (tertiary alicyclic amines) is 1. The lowest BCUT2D eigenvalue weighted by molar-refractivity contribution is -0.384. The molecule has 1 saturated heterocycles. The number of nitro benzene ring substituents is 1. The summed E-state index contributed by atoms with van der Waals surface area (Å²) in [6, 6.07) is 20.2. The van der Waals surface area contributed by atoms with Crippen LogP contribution in [0.1, 0.15) is 30.9 Å². The van der Waals surface area contributed by atoms with Gasteiger partial charge < -0.3 is 20.3 Å². The van der Waals surface area contributed by atoms with E-state index in [2.05, 4.69) is 22.1 Å². The summed E-state index contributed by atoms with van der Waals surface area (Å²) >= 11 is 0. The van der Waals surface area contributed by atoms with Gasteiger partial charge in [0.05, 0.1) is 21.2 Å². The molecule has 3 N–H and O–H groups in total. The van der Waals surface area contributed by atoms with Gasteiger partial charge in [0, 0.05) is 53.4 Å². The second kappa shape index (κ2) is 9.75. The Hall–Kier alpha value is -4.50. The van der Waals surface area contributed by atoms with Gasteiger partial charge in [0.15, 0.2) is 11.7 Å². The van der Waals surface area contributed by atoms with E-state index in [0.29, 0.717) is 39.3 Å². The number of aromatic nitrogens is 1. The molecule has 1 fully saturated rings. The van der Waals surface area contributed by atoms with Gasteiger partial charge in [0.25, 0.3) is 5.69 Å². The van der Waals surface area contributed by atoms with Crippen molar-refractivity contribution < 1.29 is 10.0 Å². The van der Waals surface area contributed by atoms with Crippen molar-refractivity contribution in [2.75, 3.05) is 25.0 Å². The van der Waals surface area contributed by atoms with E-state index in [0.717, 1.165) is 49.1 Å². The van der Waals surface area contributed by atoms with Crippen LogP contribution in [-0.4, -0.2) is 45.6 Å². The molecule has 1 aromatic heterocycles. The van der Waals surface area contributed by atoms with Crippen LogP contribution in [0.2, 0.25) is 0 Å². The lowest BCUT2D eigenvalue weighted by atomic mass is 9.96. The van der Waals surface area contributed by atoms with Gasteiger partial charge >= 0.3 is 0 Å². The summed E-state index contributed by atoms with van der Waals surface area (Å²) in [5, 5.41) is 28.6. The molecule has 0 bridgehead atoms. The average molecular weight is 509 g/mol. The van der Waals surface area contributed by atoms with Gasteiger partial charge in [-0.15, -0.1) is 0 Å². The first kappa shape index (κ1) is 23.9. The lowest BCUT2D eigenvalue weighted by Gasteiger charge is -2.32. The van der Waals surface area contributed by atoms with Crippen LogP contribution < -0.4 is 16.0 Å². The number of anilines is 1. The predicted molar refractivity (Wildman–Crippen MR) is 147 cm³/mol. The minimum Gasteiger partial charge on any atom is -0.494 e. The number of hydrogen-bond donors (Lipinski definition) is 3. The number of rotatable bonds is 6. The summed E-state index contributed by atoms with van der Waals surface area (Å²) in [5.41, 5.74) is 3.26. The number of benzene rings is 3. The van der Waals surface area contributed by atoms with E-state index in [1.807, 2.05) is 42.5 Å². The number of H-pyrrole nitrogens is 1. The van der Waals surface area contributed by atoms with Crippen molar-refractivity contribution in [3.8, 4) is 5.88 Å². The molecular weight excluding hydrogens is 480 g/mol. The van der Waals surface area contributed by atoms with Crippen LogP contribution in [0.3, 0.4) is 0 Å². The van der Waals surface area contributed by atoms with Crippen LogP contribution in [0.4, 0.5) is 11.4 Å². The Balaban J connectivity index is 1.50. The second-order valence-electron chi connectivity index (χ2n) is 9.68. The van der Waals surface area contributed by atoms with Crippen LogP contribution in [0, 0.1) is 10.1 Å². The Labute approximate surface area is 219 Å². The standard InChI is InChI=1S/C29H28N6O3/c1-2-34-14-12-19(13-15-34)30-20-10-11-23-22(17-20)27(29(36)33-23)26(18-6-5-7-21(16-18)35(37)38)28-31-24-8-3-4-9-25(24)32-28/h3-11,16-17,19,30,33,36H,2,12-15H2,1H3. The van der Waals surface area contributed by atoms with Gasteiger partial charge in [-0.2, -0.15) is 0 Å². The summed E-state index contributed by atoms with van der Waals surface area (Å²) in [4.78, 5) is 26.2. The zero-order valence-corrected chi connectivity index (χ0v) is 21.0. The monoisotopic (exact) mass is 508 g/mol. The van der Waals surface area contributed by atoms with Gasteiger partial charge in [-0.25, -0.2) is 9.98 Å². The molecule has 3 aromatic carbocycles. The summed E-state index contributed by atoms with van der Waals surface area (Å²) < 4.78 is 0. The number of nitrogens with one attached hydrogen (secondary N) is 2. The van der Waals surface area contributed by atoms with E-state index in [1.54, 1.807) is 12.1 Å². The minimum absolute atomic E-state index is 0.0382. The van der Waals surface area contributed by atoms with Gasteiger partial charge in [-0.1, -0.05) is 31.2 Å².